The molecule has 7 heteroatoms. The summed E-state index contributed by atoms with van der Waals surface area (Å²) >= 11 is 1.51. The van der Waals surface area contributed by atoms with Gasteiger partial charge in [0.25, 0.3) is 5.69 Å². The van der Waals surface area contributed by atoms with E-state index in [-0.39, 0.29) is 11.4 Å². The van der Waals surface area contributed by atoms with Crippen molar-refractivity contribution >= 4 is 43.7 Å². The van der Waals surface area contributed by atoms with E-state index in [0.717, 1.165) is 15.3 Å². The average molecular weight is 286 g/mol. The highest BCUT2D eigenvalue weighted by molar-refractivity contribution is 7.22. The number of nitrogens with two attached hydrogens (primary N) is 1. The third-order valence-corrected chi connectivity index (χ3v) is 3.72. The Bertz CT molecular complexity index is 767. The number of benzene rings is 2. The minimum atomic E-state index is -0.503. The predicted octanol–water partition coefficient (Wildman–Crippen LogP) is 3.53. The predicted molar refractivity (Wildman–Crippen MR) is 80.4 cm³/mol. The van der Waals surface area contributed by atoms with E-state index in [9.17, 15) is 10.1 Å². The molecule has 0 fully saturated rings. The minimum Gasteiger partial charge on any atom is -0.393 e. The van der Waals surface area contributed by atoms with E-state index in [1.807, 2.05) is 24.3 Å². The van der Waals surface area contributed by atoms with Crippen molar-refractivity contribution < 1.29 is 4.92 Å². The van der Waals surface area contributed by atoms with Crippen LogP contribution in [0.25, 0.3) is 10.2 Å². The van der Waals surface area contributed by atoms with E-state index in [4.69, 9.17) is 5.73 Å². The number of nitrogens with zero attached hydrogens (tertiary/aromatic N) is 2. The number of aromatic nitrogens is 1. The van der Waals surface area contributed by atoms with Gasteiger partial charge in [0.2, 0.25) is 0 Å². The van der Waals surface area contributed by atoms with Crippen molar-refractivity contribution in [3.63, 3.8) is 0 Å². The normalized spacial score (nSPS) is 10.6. The second kappa shape index (κ2) is 4.78. The molecule has 0 saturated carbocycles. The van der Waals surface area contributed by atoms with Crippen LogP contribution < -0.4 is 11.1 Å². The topological polar surface area (TPSA) is 94.1 Å². The van der Waals surface area contributed by atoms with Gasteiger partial charge in [-0.2, -0.15) is 0 Å². The van der Waals surface area contributed by atoms with Crippen LogP contribution >= 0.6 is 11.3 Å². The second-order valence-corrected chi connectivity index (χ2v) is 5.17. The van der Waals surface area contributed by atoms with Gasteiger partial charge in [-0.1, -0.05) is 23.5 Å². The van der Waals surface area contributed by atoms with Gasteiger partial charge in [0.1, 0.15) is 5.69 Å². The van der Waals surface area contributed by atoms with Crippen LogP contribution in [0.4, 0.5) is 22.2 Å². The molecule has 0 spiro atoms. The Morgan fingerprint density at radius 2 is 2.05 bits per heavy atom. The molecule has 1 aromatic heterocycles. The number of hydrogen-bond acceptors (Lipinski definition) is 6. The summed E-state index contributed by atoms with van der Waals surface area (Å²) in [5, 5.41) is 14.5. The van der Waals surface area contributed by atoms with Gasteiger partial charge >= 0.3 is 0 Å². The summed E-state index contributed by atoms with van der Waals surface area (Å²) in [7, 11) is 0. The Hall–Kier alpha value is -2.67. The summed E-state index contributed by atoms with van der Waals surface area (Å²) in [6.45, 7) is 0. The number of nitro benzene ring substituents is 1. The van der Waals surface area contributed by atoms with Gasteiger partial charge in [0, 0.05) is 11.8 Å². The molecule has 100 valence electrons. The Balaban J connectivity index is 1.90. The van der Waals surface area contributed by atoms with Crippen LogP contribution in [0.1, 0.15) is 0 Å². The summed E-state index contributed by atoms with van der Waals surface area (Å²) < 4.78 is 1.07. The molecule has 20 heavy (non-hydrogen) atoms. The highest BCUT2D eigenvalue weighted by Crippen LogP contribution is 2.30. The SMILES string of the molecule is Nc1cc(Nc2nc3ccccc3s2)ccc1[N+](=O)[O-]. The molecule has 0 radical (unpaired) electrons. The van der Waals surface area contributed by atoms with Crippen LogP contribution in [-0.4, -0.2) is 9.91 Å². The number of rotatable bonds is 3. The maximum absolute atomic E-state index is 10.7. The van der Waals surface area contributed by atoms with Gasteiger partial charge < -0.3 is 11.1 Å². The van der Waals surface area contributed by atoms with Crippen molar-refractivity contribution in [1.82, 2.24) is 4.98 Å². The zero-order valence-corrected chi connectivity index (χ0v) is 11.1. The van der Waals surface area contributed by atoms with E-state index in [2.05, 4.69) is 10.3 Å². The van der Waals surface area contributed by atoms with Crippen LogP contribution in [0.2, 0.25) is 0 Å². The van der Waals surface area contributed by atoms with Crippen molar-refractivity contribution in [2.45, 2.75) is 0 Å². The van der Waals surface area contributed by atoms with Gasteiger partial charge in [-0.3, -0.25) is 10.1 Å². The molecule has 0 aliphatic carbocycles. The van der Waals surface area contributed by atoms with Crippen LogP contribution in [0, 0.1) is 10.1 Å². The minimum absolute atomic E-state index is 0.0974. The van der Waals surface area contributed by atoms with Gasteiger partial charge in [0.05, 0.1) is 15.1 Å². The van der Waals surface area contributed by atoms with Gasteiger partial charge in [-0.25, -0.2) is 4.98 Å². The molecule has 6 nitrogen and oxygen atoms in total. The zero-order valence-electron chi connectivity index (χ0n) is 10.2. The number of thiazole rings is 1. The van der Waals surface area contributed by atoms with Crippen molar-refractivity contribution in [3.8, 4) is 0 Å². The van der Waals surface area contributed by atoms with Crippen LogP contribution in [0.15, 0.2) is 42.5 Å². The summed E-state index contributed by atoms with van der Waals surface area (Å²) in [6, 6.07) is 12.3. The number of hydrogen-bond donors (Lipinski definition) is 2. The molecular formula is C13H10N4O2S. The molecule has 0 unspecified atom stereocenters. The quantitative estimate of drug-likeness (QED) is 0.436. The lowest BCUT2D eigenvalue weighted by Gasteiger charge is -2.03. The van der Waals surface area contributed by atoms with E-state index in [0.29, 0.717) is 5.69 Å². The lowest BCUT2D eigenvalue weighted by Crippen LogP contribution is -1.97. The number of nitrogen functional groups attached to an aromatic ring is 1. The van der Waals surface area contributed by atoms with Crippen molar-refractivity contribution in [1.29, 1.82) is 0 Å². The van der Waals surface area contributed by atoms with Crippen LogP contribution in [-0.2, 0) is 0 Å². The Kier molecular flexibility index (Phi) is 2.96. The summed E-state index contributed by atoms with van der Waals surface area (Å²) in [5.74, 6) is 0. The highest BCUT2D eigenvalue weighted by Gasteiger charge is 2.11. The van der Waals surface area contributed by atoms with Crippen LogP contribution in [0.5, 0.6) is 0 Å². The number of para-hydroxylation sites is 1. The first-order valence-electron chi connectivity index (χ1n) is 5.80. The number of anilines is 3. The second-order valence-electron chi connectivity index (χ2n) is 4.14. The number of fused-ring (bicyclic) bond motifs is 1. The summed E-state index contributed by atoms with van der Waals surface area (Å²) in [4.78, 5) is 14.6. The molecule has 0 bridgehead atoms. The maximum atomic E-state index is 10.7. The average Bonchev–Trinajstić information content (AvgIpc) is 2.80. The molecule has 3 rings (SSSR count). The fraction of sp³-hybridized carbons (Fsp3) is 0. The maximum Gasteiger partial charge on any atom is 0.292 e. The molecule has 0 atom stereocenters. The molecule has 0 saturated heterocycles. The molecule has 0 aliphatic rings. The fourth-order valence-corrected chi connectivity index (χ4v) is 2.73. The van der Waals surface area contributed by atoms with Gasteiger partial charge in [0.15, 0.2) is 5.13 Å². The molecule has 3 aromatic rings. The first kappa shape index (κ1) is 12.4. The lowest BCUT2D eigenvalue weighted by atomic mass is 10.2. The molecule has 3 N–H and O–H groups in total. The molecule has 0 aliphatic heterocycles. The highest BCUT2D eigenvalue weighted by atomic mass is 32.1. The third-order valence-electron chi connectivity index (χ3n) is 2.77. The molecule has 2 aromatic carbocycles. The van der Waals surface area contributed by atoms with E-state index >= 15 is 0 Å². The smallest absolute Gasteiger partial charge is 0.292 e. The number of nitro groups is 1. The van der Waals surface area contributed by atoms with E-state index in [1.54, 1.807) is 6.07 Å². The first-order valence-corrected chi connectivity index (χ1v) is 6.61. The fourth-order valence-electron chi connectivity index (χ4n) is 1.85. The standard InChI is InChI=1S/C13H10N4O2S/c14-9-7-8(5-6-11(9)17(18)19)15-13-16-10-3-1-2-4-12(10)20-13/h1-7H,14H2,(H,15,16). The molecular weight excluding hydrogens is 276 g/mol. The lowest BCUT2D eigenvalue weighted by molar-refractivity contribution is -0.383. The van der Waals surface area contributed by atoms with E-state index in [1.165, 1.54) is 23.5 Å². The molecule has 0 amide bonds. The first-order chi connectivity index (χ1) is 9.63. The zero-order chi connectivity index (χ0) is 14.1. The van der Waals surface area contributed by atoms with E-state index < -0.39 is 4.92 Å². The number of nitrogens with one attached hydrogen (secondary N) is 1. The monoisotopic (exact) mass is 286 g/mol. The summed E-state index contributed by atoms with van der Waals surface area (Å²) in [5.41, 5.74) is 7.27. The Morgan fingerprint density at radius 3 is 2.75 bits per heavy atom. The molecule has 1 heterocycles. The van der Waals surface area contributed by atoms with Crippen molar-refractivity contribution in [2.24, 2.45) is 0 Å². The largest absolute Gasteiger partial charge is 0.393 e. The third kappa shape index (κ3) is 2.26. The van der Waals surface area contributed by atoms with Crippen molar-refractivity contribution in [3.05, 3.63) is 52.6 Å². The van der Waals surface area contributed by atoms with Gasteiger partial charge in [-0.05, 0) is 24.3 Å². The van der Waals surface area contributed by atoms with Crippen LogP contribution in [0.3, 0.4) is 0 Å². The van der Waals surface area contributed by atoms with Crippen molar-refractivity contribution in [2.75, 3.05) is 11.1 Å². The van der Waals surface area contributed by atoms with Gasteiger partial charge in [-0.15, -0.1) is 0 Å². The Morgan fingerprint density at radius 1 is 1.25 bits per heavy atom. The summed E-state index contributed by atoms with van der Waals surface area (Å²) in [6.07, 6.45) is 0. The Labute approximate surface area is 118 Å².